The maximum atomic E-state index is 11.0. The molecule has 0 aromatic rings. The topological polar surface area (TPSA) is 35.5 Å². The van der Waals surface area contributed by atoms with Crippen LogP contribution in [0.1, 0.15) is 26.7 Å². The zero-order valence-corrected chi connectivity index (χ0v) is 8.21. The summed E-state index contributed by atoms with van der Waals surface area (Å²) in [4.78, 5) is 11.0. The quantitative estimate of drug-likeness (QED) is 0.492. The van der Waals surface area contributed by atoms with Crippen LogP contribution in [0.15, 0.2) is 11.6 Å². The fraction of sp³-hybridized carbons (Fsp3) is 0.700. The van der Waals surface area contributed by atoms with Gasteiger partial charge in [0.05, 0.1) is 12.7 Å². The Kier molecular flexibility index (Phi) is 3.96. The fourth-order valence-electron chi connectivity index (χ4n) is 1.35. The normalized spacial score (nSPS) is 20.8. The van der Waals surface area contributed by atoms with Gasteiger partial charge in [-0.05, 0) is 26.7 Å². The Hall–Kier alpha value is -0.830. The van der Waals surface area contributed by atoms with Gasteiger partial charge < -0.3 is 9.47 Å². The van der Waals surface area contributed by atoms with Crippen LogP contribution < -0.4 is 0 Å². The van der Waals surface area contributed by atoms with Gasteiger partial charge in [-0.2, -0.15) is 0 Å². The molecule has 0 unspecified atom stereocenters. The zero-order valence-electron chi connectivity index (χ0n) is 8.21. The average molecular weight is 184 g/mol. The SMILES string of the molecule is CCOC(=O)C=C1CC(OCC)C1. The van der Waals surface area contributed by atoms with Crippen LogP contribution >= 0.6 is 0 Å². The smallest absolute Gasteiger partial charge is 0.330 e. The second kappa shape index (κ2) is 5.02. The first-order valence-electron chi connectivity index (χ1n) is 4.74. The Morgan fingerprint density at radius 1 is 1.46 bits per heavy atom. The summed E-state index contributed by atoms with van der Waals surface area (Å²) in [6, 6.07) is 0. The van der Waals surface area contributed by atoms with Crippen molar-refractivity contribution in [1.29, 1.82) is 0 Å². The molecule has 0 atom stereocenters. The highest BCUT2D eigenvalue weighted by molar-refractivity contribution is 5.83. The van der Waals surface area contributed by atoms with Gasteiger partial charge in [0.1, 0.15) is 0 Å². The predicted octanol–water partition coefficient (Wildman–Crippen LogP) is 1.67. The predicted molar refractivity (Wildman–Crippen MR) is 49.4 cm³/mol. The van der Waals surface area contributed by atoms with E-state index in [0.29, 0.717) is 12.7 Å². The van der Waals surface area contributed by atoms with Crippen LogP contribution in [0, 0.1) is 0 Å². The first-order chi connectivity index (χ1) is 6.26. The molecule has 0 aromatic carbocycles. The monoisotopic (exact) mass is 184 g/mol. The summed E-state index contributed by atoms with van der Waals surface area (Å²) < 4.78 is 10.1. The highest BCUT2D eigenvalue weighted by Crippen LogP contribution is 2.28. The summed E-state index contributed by atoms with van der Waals surface area (Å²) in [6.45, 7) is 4.97. The molecule has 0 N–H and O–H groups in total. The molecule has 1 fully saturated rings. The standard InChI is InChI=1S/C10H16O3/c1-3-12-9-5-8(6-9)7-10(11)13-4-2/h7,9H,3-6H2,1-2H3. The van der Waals surface area contributed by atoms with Gasteiger partial charge in [0, 0.05) is 12.7 Å². The minimum absolute atomic E-state index is 0.229. The van der Waals surface area contributed by atoms with Crippen molar-refractivity contribution in [2.75, 3.05) is 13.2 Å². The third-order valence-electron chi connectivity index (χ3n) is 1.99. The van der Waals surface area contributed by atoms with E-state index in [2.05, 4.69) is 0 Å². The third kappa shape index (κ3) is 3.19. The third-order valence-corrected chi connectivity index (χ3v) is 1.99. The van der Waals surface area contributed by atoms with Crippen LogP contribution in [-0.2, 0) is 14.3 Å². The Morgan fingerprint density at radius 2 is 2.15 bits per heavy atom. The molecule has 0 amide bonds. The lowest BCUT2D eigenvalue weighted by Gasteiger charge is -2.28. The molecule has 1 rings (SSSR count). The second-order valence-electron chi connectivity index (χ2n) is 3.04. The fourth-order valence-corrected chi connectivity index (χ4v) is 1.35. The minimum atomic E-state index is -0.229. The number of hydrogen-bond acceptors (Lipinski definition) is 3. The molecule has 1 aliphatic rings. The molecule has 0 radical (unpaired) electrons. The highest BCUT2D eigenvalue weighted by Gasteiger charge is 2.23. The van der Waals surface area contributed by atoms with Gasteiger partial charge in [-0.1, -0.05) is 5.57 Å². The zero-order chi connectivity index (χ0) is 9.68. The lowest BCUT2D eigenvalue weighted by molar-refractivity contribution is -0.137. The Labute approximate surface area is 78.7 Å². The lowest BCUT2D eigenvalue weighted by Crippen LogP contribution is -2.25. The van der Waals surface area contributed by atoms with Crippen molar-refractivity contribution in [3.63, 3.8) is 0 Å². The van der Waals surface area contributed by atoms with Crippen LogP contribution in [-0.4, -0.2) is 25.3 Å². The van der Waals surface area contributed by atoms with Crippen molar-refractivity contribution in [2.45, 2.75) is 32.8 Å². The van der Waals surface area contributed by atoms with Crippen molar-refractivity contribution in [1.82, 2.24) is 0 Å². The molecule has 0 aromatic heterocycles. The van der Waals surface area contributed by atoms with Crippen LogP contribution in [0.4, 0.5) is 0 Å². The summed E-state index contributed by atoms with van der Waals surface area (Å²) in [6.07, 6.45) is 3.67. The first-order valence-corrected chi connectivity index (χ1v) is 4.74. The maximum Gasteiger partial charge on any atom is 0.330 e. The van der Waals surface area contributed by atoms with Crippen LogP contribution in [0.5, 0.6) is 0 Å². The molecule has 13 heavy (non-hydrogen) atoms. The van der Waals surface area contributed by atoms with E-state index < -0.39 is 0 Å². The molecule has 0 heterocycles. The summed E-state index contributed by atoms with van der Waals surface area (Å²) >= 11 is 0. The number of ether oxygens (including phenoxy) is 2. The van der Waals surface area contributed by atoms with Crippen LogP contribution in [0.3, 0.4) is 0 Å². The molecule has 0 saturated heterocycles. The molecule has 3 nitrogen and oxygen atoms in total. The van der Waals surface area contributed by atoms with Crippen molar-refractivity contribution >= 4 is 5.97 Å². The minimum Gasteiger partial charge on any atom is -0.463 e. The van der Waals surface area contributed by atoms with E-state index in [4.69, 9.17) is 9.47 Å². The number of esters is 1. The maximum absolute atomic E-state index is 11.0. The van der Waals surface area contributed by atoms with Crippen molar-refractivity contribution in [3.05, 3.63) is 11.6 Å². The number of rotatable bonds is 4. The van der Waals surface area contributed by atoms with Gasteiger partial charge in [-0.3, -0.25) is 0 Å². The van der Waals surface area contributed by atoms with E-state index >= 15 is 0 Å². The van der Waals surface area contributed by atoms with Crippen molar-refractivity contribution in [3.8, 4) is 0 Å². The van der Waals surface area contributed by atoms with Gasteiger partial charge in [-0.15, -0.1) is 0 Å². The molecule has 0 spiro atoms. The Bertz CT molecular complexity index is 200. The van der Waals surface area contributed by atoms with E-state index in [1.807, 2.05) is 6.92 Å². The van der Waals surface area contributed by atoms with E-state index in [1.165, 1.54) is 0 Å². The lowest BCUT2D eigenvalue weighted by atomic mass is 9.88. The molecule has 0 bridgehead atoms. The Balaban J connectivity index is 2.21. The number of carbonyl (C=O) groups excluding carboxylic acids is 1. The Morgan fingerprint density at radius 3 is 2.69 bits per heavy atom. The highest BCUT2D eigenvalue weighted by atomic mass is 16.5. The van der Waals surface area contributed by atoms with Crippen molar-refractivity contribution < 1.29 is 14.3 Å². The first kappa shape index (κ1) is 10.3. The van der Waals surface area contributed by atoms with Gasteiger partial charge in [0.2, 0.25) is 0 Å². The van der Waals surface area contributed by atoms with E-state index in [9.17, 15) is 4.79 Å². The van der Waals surface area contributed by atoms with Gasteiger partial charge in [-0.25, -0.2) is 4.79 Å². The summed E-state index contributed by atoms with van der Waals surface area (Å²) in [5.41, 5.74) is 1.14. The van der Waals surface area contributed by atoms with Crippen LogP contribution in [0.25, 0.3) is 0 Å². The van der Waals surface area contributed by atoms with Gasteiger partial charge in [0.15, 0.2) is 0 Å². The molecule has 1 aliphatic carbocycles. The molecule has 74 valence electrons. The summed E-state index contributed by atoms with van der Waals surface area (Å²) in [5, 5.41) is 0. The second-order valence-corrected chi connectivity index (χ2v) is 3.04. The largest absolute Gasteiger partial charge is 0.463 e. The average Bonchev–Trinajstić information content (AvgIpc) is 2.01. The van der Waals surface area contributed by atoms with E-state index in [0.717, 1.165) is 25.0 Å². The molecule has 0 aliphatic heterocycles. The molecular weight excluding hydrogens is 168 g/mol. The van der Waals surface area contributed by atoms with E-state index in [-0.39, 0.29) is 5.97 Å². The van der Waals surface area contributed by atoms with Gasteiger partial charge >= 0.3 is 5.97 Å². The number of carbonyl (C=O) groups is 1. The molecule has 1 saturated carbocycles. The molecule has 3 heteroatoms. The van der Waals surface area contributed by atoms with Crippen molar-refractivity contribution in [2.24, 2.45) is 0 Å². The summed E-state index contributed by atoms with van der Waals surface area (Å²) in [7, 11) is 0. The van der Waals surface area contributed by atoms with Crippen LogP contribution in [0.2, 0.25) is 0 Å². The summed E-state index contributed by atoms with van der Waals surface area (Å²) in [5.74, 6) is -0.229. The van der Waals surface area contributed by atoms with E-state index in [1.54, 1.807) is 13.0 Å². The molecular formula is C10H16O3. The number of hydrogen-bond donors (Lipinski definition) is 0. The van der Waals surface area contributed by atoms with Gasteiger partial charge in [0.25, 0.3) is 0 Å².